The van der Waals surface area contributed by atoms with Gasteiger partial charge in [0.25, 0.3) is 0 Å². The third-order valence-corrected chi connectivity index (χ3v) is 11.2. The lowest BCUT2D eigenvalue weighted by Gasteiger charge is -2.35. The van der Waals surface area contributed by atoms with Crippen molar-refractivity contribution in [3.8, 4) is 6.01 Å². The lowest BCUT2D eigenvalue weighted by Crippen LogP contribution is -2.43. The molecule has 4 atom stereocenters. The van der Waals surface area contributed by atoms with Gasteiger partial charge in [0.05, 0.1) is 27.9 Å². The Balaban J connectivity index is 1.15. The Kier molecular flexibility index (Phi) is 6.49. The van der Waals surface area contributed by atoms with Gasteiger partial charge in [0, 0.05) is 48.6 Å². The summed E-state index contributed by atoms with van der Waals surface area (Å²) in [5.74, 6) is 0.133. The largest absolute Gasteiger partial charge is 0.461 e. The Morgan fingerprint density at radius 1 is 1.10 bits per heavy atom. The van der Waals surface area contributed by atoms with Crippen LogP contribution in [0.3, 0.4) is 0 Å². The zero-order valence-corrected chi connectivity index (χ0v) is 24.8. The van der Waals surface area contributed by atoms with Gasteiger partial charge in [-0.1, -0.05) is 18.2 Å². The Morgan fingerprint density at radius 2 is 1.95 bits per heavy atom. The van der Waals surface area contributed by atoms with Crippen molar-refractivity contribution >= 4 is 32.4 Å². The average Bonchev–Trinajstić information content (AvgIpc) is 3.63. The first-order valence-electron chi connectivity index (χ1n) is 15.3. The van der Waals surface area contributed by atoms with E-state index in [-0.39, 0.29) is 11.4 Å². The maximum atomic E-state index is 14.6. The second-order valence-corrected chi connectivity index (χ2v) is 13.7. The molecule has 5 aliphatic rings. The second-order valence-electron chi connectivity index (χ2n) is 12.9. The van der Waals surface area contributed by atoms with Crippen LogP contribution in [0, 0.1) is 5.82 Å². The van der Waals surface area contributed by atoms with Crippen molar-refractivity contribution in [3.05, 3.63) is 57.6 Å². The van der Waals surface area contributed by atoms with Crippen LogP contribution in [-0.2, 0) is 13.0 Å². The van der Waals surface area contributed by atoms with Gasteiger partial charge in [-0.05, 0) is 90.5 Å². The number of nitrogens with one attached hydrogen (secondary N) is 1. The van der Waals surface area contributed by atoms with Gasteiger partial charge in [-0.25, -0.2) is 8.78 Å². The summed E-state index contributed by atoms with van der Waals surface area (Å²) < 4.78 is 36.0. The predicted octanol–water partition coefficient (Wildman–Crippen LogP) is 6.05. The standard InChI is InChI=1S/C32H36BrF2N5O/c33-29-25(35)8-5-19-3-1-4-27(28(19)29)39-12-9-24-26(17-39)37-31(38-30(24)20-13-22-6-7-23(14-20)36-22)41-18-32-10-2-11-40(32)16-21(34)15-32/h1,3-5,8,20-23,36H,2,6-7,9-18H2/t20?,21-,22?,23?,32+/m1/s1. The van der Waals surface area contributed by atoms with Crippen LogP contribution in [0.2, 0.25) is 0 Å². The molecule has 41 heavy (non-hydrogen) atoms. The summed E-state index contributed by atoms with van der Waals surface area (Å²) in [6, 6.07) is 11.0. The fraction of sp³-hybridized carbons (Fsp3) is 0.562. The quantitative estimate of drug-likeness (QED) is 0.374. The van der Waals surface area contributed by atoms with Gasteiger partial charge in [0.2, 0.25) is 0 Å². The van der Waals surface area contributed by atoms with Crippen LogP contribution in [0.25, 0.3) is 10.8 Å². The summed E-state index contributed by atoms with van der Waals surface area (Å²) in [5, 5.41) is 5.66. The SMILES string of the molecule is Fc1ccc2cccc(N3CCc4c(nc(OC[C@@]56CCCN5C[C@H](F)C6)nc4C4CC5CCC(C4)N5)C3)c2c1Br. The van der Waals surface area contributed by atoms with Crippen molar-refractivity contribution in [2.45, 2.75) is 87.6 Å². The molecule has 0 aliphatic carbocycles. The smallest absolute Gasteiger partial charge is 0.316 e. The summed E-state index contributed by atoms with van der Waals surface area (Å²) >= 11 is 3.52. The molecule has 216 valence electrons. The van der Waals surface area contributed by atoms with Crippen LogP contribution in [0.1, 0.15) is 67.8 Å². The number of ether oxygens (including phenoxy) is 1. The molecule has 1 aromatic heterocycles. The highest BCUT2D eigenvalue weighted by Crippen LogP contribution is 2.43. The van der Waals surface area contributed by atoms with E-state index in [4.69, 9.17) is 14.7 Å². The number of hydrogen-bond acceptors (Lipinski definition) is 6. The molecule has 0 amide bonds. The third kappa shape index (κ3) is 4.54. The van der Waals surface area contributed by atoms with Crippen molar-refractivity contribution < 1.29 is 13.5 Å². The molecule has 8 rings (SSSR count). The number of aromatic nitrogens is 2. The molecule has 0 spiro atoms. The molecule has 4 saturated heterocycles. The number of alkyl halides is 1. The second kappa shape index (κ2) is 10.1. The topological polar surface area (TPSA) is 53.5 Å². The van der Waals surface area contributed by atoms with E-state index in [1.807, 2.05) is 18.2 Å². The highest BCUT2D eigenvalue weighted by molar-refractivity contribution is 9.10. The molecule has 5 aliphatic heterocycles. The molecule has 0 radical (unpaired) electrons. The van der Waals surface area contributed by atoms with Crippen molar-refractivity contribution in [1.29, 1.82) is 0 Å². The summed E-state index contributed by atoms with van der Waals surface area (Å²) in [4.78, 5) is 14.7. The third-order valence-electron chi connectivity index (χ3n) is 10.4. The Labute approximate surface area is 248 Å². The van der Waals surface area contributed by atoms with Crippen LogP contribution < -0.4 is 15.0 Å². The zero-order chi connectivity index (χ0) is 27.7. The van der Waals surface area contributed by atoms with E-state index in [9.17, 15) is 8.78 Å². The number of anilines is 1. The molecular formula is C32H36BrF2N5O. The first-order chi connectivity index (χ1) is 20.0. The molecule has 6 nitrogen and oxygen atoms in total. The zero-order valence-electron chi connectivity index (χ0n) is 23.2. The van der Waals surface area contributed by atoms with Crippen LogP contribution in [0.4, 0.5) is 14.5 Å². The monoisotopic (exact) mass is 623 g/mol. The molecule has 2 unspecified atom stereocenters. The predicted molar refractivity (Wildman–Crippen MR) is 159 cm³/mol. The molecule has 4 fully saturated rings. The fourth-order valence-corrected chi connectivity index (χ4v) is 9.09. The van der Waals surface area contributed by atoms with Gasteiger partial charge < -0.3 is 15.0 Å². The number of rotatable bonds is 5. The summed E-state index contributed by atoms with van der Waals surface area (Å²) in [6.45, 7) is 3.31. The number of piperidine rings is 1. The van der Waals surface area contributed by atoms with Crippen molar-refractivity contribution in [2.24, 2.45) is 0 Å². The van der Waals surface area contributed by atoms with Gasteiger partial charge in [0.1, 0.15) is 18.6 Å². The van der Waals surface area contributed by atoms with Gasteiger partial charge in [0.15, 0.2) is 0 Å². The average molecular weight is 625 g/mol. The lowest BCUT2D eigenvalue weighted by atomic mass is 9.85. The van der Waals surface area contributed by atoms with Crippen LogP contribution in [0.15, 0.2) is 34.8 Å². The lowest BCUT2D eigenvalue weighted by molar-refractivity contribution is 0.106. The van der Waals surface area contributed by atoms with Crippen molar-refractivity contribution in [2.75, 3.05) is 31.1 Å². The Bertz CT molecular complexity index is 1490. The van der Waals surface area contributed by atoms with Crippen molar-refractivity contribution in [3.63, 3.8) is 0 Å². The van der Waals surface area contributed by atoms with E-state index < -0.39 is 6.17 Å². The first-order valence-corrected chi connectivity index (χ1v) is 16.0. The number of halogens is 3. The molecule has 1 N–H and O–H groups in total. The highest BCUT2D eigenvalue weighted by atomic mass is 79.9. The number of hydrogen-bond donors (Lipinski definition) is 1. The van der Waals surface area contributed by atoms with E-state index in [1.165, 1.54) is 24.5 Å². The molecule has 3 aromatic rings. The van der Waals surface area contributed by atoms with E-state index in [1.54, 1.807) is 0 Å². The maximum Gasteiger partial charge on any atom is 0.316 e. The molecule has 9 heteroatoms. The highest BCUT2D eigenvalue weighted by Gasteiger charge is 2.49. The molecular weight excluding hydrogens is 588 g/mol. The number of nitrogens with zero attached hydrogens (tertiary/aromatic N) is 4. The van der Waals surface area contributed by atoms with Crippen LogP contribution in [0.5, 0.6) is 6.01 Å². The molecule has 6 heterocycles. The van der Waals surface area contributed by atoms with E-state index >= 15 is 0 Å². The van der Waals surface area contributed by atoms with E-state index in [2.05, 4.69) is 37.1 Å². The summed E-state index contributed by atoms with van der Waals surface area (Å²) in [6.07, 6.45) is 7.30. The van der Waals surface area contributed by atoms with Crippen molar-refractivity contribution in [1.82, 2.24) is 20.2 Å². The maximum absolute atomic E-state index is 14.6. The minimum Gasteiger partial charge on any atom is -0.461 e. The normalized spacial score (nSPS) is 31.0. The minimum absolute atomic E-state index is 0.238. The fourth-order valence-electron chi connectivity index (χ4n) is 8.53. The summed E-state index contributed by atoms with van der Waals surface area (Å²) in [7, 11) is 0. The Hall–Kier alpha value is -2.36. The van der Waals surface area contributed by atoms with Crippen LogP contribution in [-0.4, -0.2) is 64.9 Å². The number of benzene rings is 2. The molecule has 2 aromatic carbocycles. The van der Waals surface area contributed by atoms with Gasteiger partial charge in [-0.3, -0.25) is 4.90 Å². The van der Waals surface area contributed by atoms with E-state index in [0.29, 0.717) is 54.6 Å². The Morgan fingerprint density at radius 3 is 2.80 bits per heavy atom. The van der Waals surface area contributed by atoms with Gasteiger partial charge >= 0.3 is 6.01 Å². The van der Waals surface area contributed by atoms with E-state index in [0.717, 1.165) is 73.0 Å². The molecule has 2 bridgehead atoms. The van der Waals surface area contributed by atoms with Crippen LogP contribution >= 0.6 is 15.9 Å². The van der Waals surface area contributed by atoms with Gasteiger partial charge in [-0.15, -0.1) is 0 Å². The molecule has 0 saturated carbocycles. The van der Waals surface area contributed by atoms with Gasteiger partial charge in [-0.2, -0.15) is 9.97 Å². The number of fused-ring (bicyclic) bond motifs is 5. The summed E-state index contributed by atoms with van der Waals surface area (Å²) in [5.41, 5.74) is 4.18. The minimum atomic E-state index is -0.789. The first kappa shape index (κ1) is 26.3.